The summed E-state index contributed by atoms with van der Waals surface area (Å²) in [6.07, 6.45) is 6.42. The lowest BCUT2D eigenvalue weighted by Crippen LogP contribution is -2.48. The maximum atomic E-state index is 14.8. The highest BCUT2D eigenvalue weighted by atomic mass is 19.1. The van der Waals surface area contributed by atoms with E-state index < -0.39 is 5.54 Å². The summed E-state index contributed by atoms with van der Waals surface area (Å²) in [6.45, 7) is 4.00. The molecule has 0 amide bonds. The van der Waals surface area contributed by atoms with Crippen molar-refractivity contribution in [3.8, 4) is 0 Å². The summed E-state index contributed by atoms with van der Waals surface area (Å²) < 4.78 is 14.8. The number of aliphatic imine (C=N–C) groups is 1. The van der Waals surface area contributed by atoms with Crippen molar-refractivity contribution in [2.24, 2.45) is 4.99 Å². The minimum absolute atomic E-state index is 0.204. The second-order valence-corrected chi connectivity index (χ2v) is 6.50. The summed E-state index contributed by atoms with van der Waals surface area (Å²) >= 11 is 0. The minimum Gasteiger partial charge on any atom is -0.354 e. The van der Waals surface area contributed by atoms with Crippen LogP contribution in [0.1, 0.15) is 29.2 Å². The van der Waals surface area contributed by atoms with Gasteiger partial charge >= 0.3 is 0 Å². The van der Waals surface area contributed by atoms with Crippen molar-refractivity contribution < 1.29 is 4.39 Å². The van der Waals surface area contributed by atoms with Gasteiger partial charge in [0.15, 0.2) is 0 Å². The van der Waals surface area contributed by atoms with E-state index in [1.807, 2.05) is 50.2 Å². The summed E-state index contributed by atoms with van der Waals surface area (Å²) in [5.74, 6) is 0.399. The highest BCUT2D eigenvalue weighted by Gasteiger charge is 2.46. The standard InChI is InChI=1S/C21H19FN4/c1-14-12-23-10-8-17(14)20-25-15(2)21(26-20,16-6-4-3-5-7-16)18-9-11-24-13-19(18)22/h3-13,15H,1-2H3,(H,25,26)/t15-,21?/m0/s1. The third kappa shape index (κ3) is 2.47. The molecule has 0 radical (unpaired) electrons. The first-order valence-corrected chi connectivity index (χ1v) is 8.55. The first kappa shape index (κ1) is 16.4. The molecule has 0 spiro atoms. The molecule has 0 saturated carbocycles. The van der Waals surface area contributed by atoms with E-state index in [4.69, 9.17) is 4.99 Å². The van der Waals surface area contributed by atoms with Gasteiger partial charge in [-0.25, -0.2) is 4.39 Å². The number of hydrogen-bond donors (Lipinski definition) is 1. The van der Waals surface area contributed by atoms with Gasteiger partial charge in [0.1, 0.15) is 17.2 Å². The number of nitrogens with zero attached hydrogens (tertiary/aromatic N) is 3. The zero-order valence-corrected chi connectivity index (χ0v) is 14.6. The van der Waals surface area contributed by atoms with E-state index in [1.54, 1.807) is 24.7 Å². The topological polar surface area (TPSA) is 50.2 Å². The Bertz CT molecular complexity index is 971. The first-order chi connectivity index (χ1) is 12.6. The summed E-state index contributed by atoms with van der Waals surface area (Å²) in [7, 11) is 0. The molecule has 2 aromatic heterocycles. The van der Waals surface area contributed by atoms with Crippen LogP contribution in [0.4, 0.5) is 4.39 Å². The molecule has 1 aromatic carbocycles. The second-order valence-electron chi connectivity index (χ2n) is 6.50. The van der Waals surface area contributed by atoms with Crippen LogP contribution in [0.25, 0.3) is 0 Å². The number of amidine groups is 1. The van der Waals surface area contributed by atoms with Crippen molar-refractivity contribution in [2.75, 3.05) is 0 Å². The molecule has 1 aliphatic heterocycles. The van der Waals surface area contributed by atoms with Crippen molar-refractivity contribution in [3.05, 3.63) is 95.3 Å². The Morgan fingerprint density at radius 3 is 2.46 bits per heavy atom. The zero-order chi connectivity index (χ0) is 18.1. The van der Waals surface area contributed by atoms with Crippen LogP contribution in [-0.2, 0) is 5.54 Å². The maximum Gasteiger partial charge on any atom is 0.147 e. The molecule has 26 heavy (non-hydrogen) atoms. The van der Waals surface area contributed by atoms with Gasteiger partial charge in [0, 0.05) is 29.7 Å². The molecular formula is C21H19FN4. The SMILES string of the molecule is Cc1cnccc1C1=N[C@@H](C)C(c2ccccc2)(c2ccncc2F)N1. The van der Waals surface area contributed by atoms with E-state index in [1.165, 1.54) is 6.20 Å². The first-order valence-electron chi connectivity index (χ1n) is 8.55. The van der Waals surface area contributed by atoms with E-state index >= 15 is 0 Å². The number of rotatable bonds is 3. The van der Waals surface area contributed by atoms with Gasteiger partial charge in [0.05, 0.1) is 12.2 Å². The van der Waals surface area contributed by atoms with Crippen molar-refractivity contribution in [1.29, 1.82) is 0 Å². The Labute approximate surface area is 151 Å². The van der Waals surface area contributed by atoms with Gasteiger partial charge in [-0.15, -0.1) is 0 Å². The van der Waals surface area contributed by atoms with Gasteiger partial charge in [0.2, 0.25) is 0 Å². The van der Waals surface area contributed by atoms with E-state index in [2.05, 4.69) is 15.3 Å². The van der Waals surface area contributed by atoms with Crippen LogP contribution in [0.15, 0.2) is 72.2 Å². The molecule has 4 nitrogen and oxygen atoms in total. The van der Waals surface area contributed by atoms with Crippen LogP contribution >= 0.6 is 0 Å². The largest absolute Gasteiger partial charge is 0.354 e. The lowest BCUT2D eigenvalue weighted by molar-refractivity contribution is 0.411. The molecule has 4 rings (SSSR count). The maximum absolute atomic E-state index is 14.8. The van der Waals surface area contributed by atoms with Gasteiger partial charge in [-0.3, -0.25) is 15.0 Å². The van der Waals surface area contributed by atoms with Crippen molar-refractivity contribution in [2.45, 2.75) is 25.4 Å². The summed E-state index contributed by atoms with van der Waals surface area (Å²) in [6, 6.07) is 13.3. The normalized spacial score (nSPS) is 22.0. The average molecular weight is 346 g/mol. The molecule has 1 N–H and O–H groups in total. The van der Waals surface area contributed by atoms with Gasteiger partial charge in [-0.2, -0.15) is 0 Å². The van der Waals surface area contributed by atoms with Crippen LogP contribution in [0.5, 0.6) is 0 Å². The van der Waals surface area contributed by atoms with E-state index in [0.717, 1.165) is 22.5 Å². The summed E-state index contributed by atoms with van der Waals surface area (Å²) in [5, 5.41) is 3.54. The van der Waals surface area contributed by atoms with E-state index in [9.17, 15) is 4.39 Å². The highest BCUT2D eigenvalue weighted by molar-refractivity contribution is 6.02. The molecule has 0 bridgehead atoms. The quantitative estimate of drug-likeness (QED) is 0.788. The lowest BCUT2D eigenvalue weighted by atomic mass is 9.78. The van der Waals surface area contributed by atoms with Crippen LogP contribution in [0, 0.1) is 12.7 Å². The zero-order valence-electron chi connectivity index (χ0n) is 14.6. The number of halogens is 1. The predicted octanol–water partition coefficient (Wildman–Crippen LogP) is 3.61. The van der Waals surface area contributed by atoms with Gasteiger partial charge in [-0.05, 0) is 37.1 Å². The van der Waals surface area contributed by atoms with Crippen molar-refractivity contribution in [3.63, 3.8) is 0 Å². The number of nitrogens with one attached hydrogen (secondary N) is 1. The van der Waals surface area contributed by atoms with Crippen LogP contribution in [-0.4, -0.2) is 21.8 Å². The van der Waals surface area contributed by atoms with Crippen molar-refractivity contribution >= 4 is 5.84 Å². The van der Waals surface area contributed by atoms with Crippen LogP contribution < -0.4 is 5.32 Å². The predicted molar refractivity (Wildman–Crippen MR) is 99.5 cm³/mol. The fourth-order valence-electron chi connectivity index (χ4n) is 3.65. The lowest BCUT2D eigenvalue weighted by Gasteiger charge is -2.35. The molecule has 0 aliphatic carbocycles. The van der Waals surface area contributed by atoms with Crippen molar-refractivity contribution in [1.82, 2.24) is 15.3 Å². The fourth-order valence-corrected chi connectivity index (χ4v) is 3.65. The fraction of sp³-hybridized carbons (Fsp3) is 0.190. The summed E-state index contributed by atoms with van der Waals surface area (Å²) in [5.41, 5.74) is 2.70. The number of pyridine rings is 2. The highest BCUT2D eigenvalue weighted by Crippen LogP contribution is 2.39. The number of aromatic nitrogens is 2. The Morgan fingerprint density at radius 1 is 1.00 bits per heavy atom. The monoisotopic (exact) mass is 346 g/mol. The van der Waals surface area contributed by atoms with E-state index in [-0.39, 0.29) is 11.9 Å². The molecule has 0 fully saturated rings. The third-order valence-electron chi connectivity index (χ3n) is 4.97. The Kier molecular flexibility index (Phi) is 3.99. The Hall–Kier alpha value is -3.08. The molecule has 130 valence electrons. The van der Waals surface area contributed by atoms with Gasteiger partial charge in [0.25, 0.3) is 0 Å². The van der Waals surface area contributed by atoms with Gasteiger partial charge < -0.3 is 5.32 Å². The molecule has 0 saturated heterocycles. The molecule has 2 atom stereocenters. The van der Waals surface area contributed by atoms with E-state index in [0.29, 0.717) is 5.56 Å². The summed E-state index contributed by atoms with van der Waals surface area (Å²) in [4.78, 5) is 12.9. The number of aryl methyl sites for hydroxylation is 1. The Morgan fingerprint density at radius 2 is 1.73 bits per heavy atom. The Balaban J connectivity index is 1.90. The average Bonchev–Trinajstić information content (AvgIpc) is 3.01. The molecule has 1 aliphatic rings. The molecule has 3 heterocycles. The van der Waals surface area contributed by atoms with Gasteiger partial charge in [-0.1, -0.05) is 30.3 Å². The molecule has 1 unspecified atom stereocenters. The smallest absolute Gasteiger partial charge is 0.147 e. The molecular weight excluding hydrogens is 327 g/mol. The molecule has 5 heteroatoms. The van der Waals surface area contributed by atoms with Crippen LogP contribution in [0.3, 0.4) is 0 Å². The minimum atomic E-state index is -0.792. The number of benzene rings is 1. The third-order valence-corrected chi connectivity index (χ3v) is 4.97. The molecule has 3 aromatic rings. The second kappa shape index (κ2) is 6.33. The van der Waals surface area contributed by atoms with Crippen LogP contribution in [0.2, 0.25) is 0 Å². The number of hydrogen-bond acceptors (Lipinski definition) is 4.